The van der Waals surface area contributed by atoms with Crippen molar-refractivity contribution in [2.75, 3.05) is 25.6 Å². The number of carbonyl (C=O) groups excluding carboxylic acids is 2. The van der Waals surface area contributed by atoms with E-state index in [9.17, 15) is 9.59 Å². The van der Waals surface area contributed by atoms with Gasteiger partial charge in [-0.25, -0.2) is 4.98 Å². The molecule has 1 fully saturated rings. The van der Waals surface area contributed by atoms with Crippen LogP contribution in [0.1, 0.15) is 41.7 Å². The minimum Gasteiger partial charge on any atom is -0.497 e. The van der Waals surface area contributed by atoms with Crippen molar-refractivity contribution in [1.29, 1.82) is 0 Å². The quantitative estimate of drug-likeness (QED) is 0.578. The fraction of sp³-hybridized carbons (Fsp3) is 0.407. The van der Waals surface area contributed by atoms with Gasteiger partial charge < -0.3 is 24.8 Å². The normalized spacial score (nSPS) is 22.9. The first-order valence-electron chi connectivity index (χ1n) is 12.4. The second-order valence-electron chi connectivity index (χ2n) is 9.72. The summed E-state index contributed by atoms with van der Waals surface area (Å²) in [6, 6.07) is 9.37. The number of nitrogens with one attached hydrogen (secondary N) is 2. The molecule has 1 saturated carbocycles. The van der Waals surface area contributed by atoms with Crippen LogP contribution < -0.4 is 24.8 Å². The number of fused-ring (bicyclic) bond motifs is 4. The van der Waals surface area contributed by atoms with E-state index in [2.05, 4.69) is 20.6 Å². The zero-order valence-corrected chi connectivity index (χ0v) is 20.1. The molecule has 0 saturated heterocycles. The van der Waals surface area contributed by atoms with Gasteiger partial charge in [0.05, 0.1) is 25.4 Å². The van der Waals surface area contributed by atoms with Crippen molar-refractivity contribution < 1.29 is 23.8 Å². The van der Waals surface area contributed by atoms with Crippen LogP contribution in [0.15, 0.2) is 36.5 Å². The highest BCUT2D eigenvalue weighted by molar-refractivity contribution is 5.97. The number of amides is 2. The van der Waals surface area contributed by atoms with Gasteiger partial charge in [0, 0.05) is 22.9 Å². The third-order valence-corrected chi connectivity index (χ3v) is 7.55. The maximum Gasteiger partial charge on any atom is 0.270 e. The van der Waals surface area contributed by atoms with Gasteiger partial charge in [-0.1, -0.05) is 0 Å². The average molecular weight is 489 g/mol. The molecule has 1 aromatic carbocycles. The molecule has 2 amide bonds. The second-order valence-corrected chi connectivity index (χ2v) is 9.72. The summed E-state index contributed by atoms with van der Waals surface area (Å²) in [6.07, 6.45) is 6.67. The smallest absolute Gasteiger partial charge is 0.270 e. The molecule has 2 N–H and O–H groups in total. The number of hydrogen-bond acceptors (Lipinski definition) is 7. The number of rotatable bonds is 4. The highest BCUT2D eigenvalue weighted by Crippen LogP contribution is 2.40. The van der Waals surface area contributed by atoms with E-state index in [4.69, 9.17) is 14.2 Å². The first-order chi connectivity index (χ1) is 17.6. The Balaban J connectivity index is 1.09. The zero-order valence-electron chi connectivity index (χ0n) is 20.1. The third kappa shape index (κ3) is 4.29. The Labute approximate surface area is 208 Å². The van der Waals surface area contributed by atoms with Crippen LogP contribution in [0, 0.1) is 11.8 Å². The van der Waals surface area contributed by atoms with Crippen LogP contribution in [0.5, 0.6) is 17.2 Å². The zero-order chi connectivity index (χ0) is 24.6. The molecule has 4 heterocycles. The van der Waals surface area contributed by atoms with E-state index in [1.54, 1.807) is 19.2 Å². The number of pyridine rings is 2. The number of methoxy groups -OCH3 is 1. The number of nitrogens with zero attached hydrogens (tertiary/aromatic N) is 2. The molecule has 0 radical (unpaired) electrons. The highest BCUT2D eigenvalue weighted by atomic mass is 16.5. The first-order valence-corrected chi connectivity index (χ1v) is 12.4. The lowest BCUT2D eigenvalue weighted by atomic mass is 9.75. The number of benzene rings is 1. The van der Waals surface area contributed by atoms with Crippen molar-refractivity contribution in [3.05, 3.63) is 47.8 Å². The molecule has 2 aliphatic heterocycles. The Morgan fingerprint density at radius 1 is 1.08 bits per heavy atom. The molecule has 3 aliphatic rings. The largest absolute Gasteiger partial charge is 0.497 e. The molecule has 9 heteroatoms. The number of hydrogen-bond donors (Lipinski definition) is 2. The fourth-order valence-corrected chi connectivity index (χ4v) is 5.58. The Morgan fingerprint density at radius 2 is 1.94 bits per heavy atom. The summed E-state index contributed by atoms with van der Waals surface area (Å²) in [6.45, 7) is 0.654. The first kappa shape index (κ1) is 22.6. The molecule has 6 rings (SSSR count). The summed E-state index contributed by atoms with van der Waals surface area (Å²) >= 11 is 0. The number of ether oxygens (including phenoxy) is 3. The molecule has 2 aromatic heterocycles. The number of carbonyl (C=O) groups is 2. The lowest BCUT2D eigenvalue weighted by molar-refractivity contribution is -0.118. The molecule has 36 heavy (non-hydrogen) atoms. The second kappa shape index (κ2) is 9.29. The Kier molecular flexibility index (Phi) is 5.83. The van der Waals surface area contributed by atoms with E-state index >= 15 is 0 Å². The van der Waals surface area contributed by atoms with Crippen LogP contribution >= 0.6 is 0 Å². The molecule has 1 unspecified atom stereocenters. The van der Waals surface area contributed by atoms with Gasteiger partial charge >= 0.3 is 0 Å². The summed E-state index contributed by atoms with van der Waals surface area (Å²) in [5, 5.41) is 6.86. The summed E-state index contributed by atoms with van der Waals surface area (Å²) in [5.41, 5.74) is 2.43. The average Bonchev–Trinajstić information content (AvgIpc) is 2.92. The summed E-state index contributed by atoms with van der Waals surface area (Å²) in [7, 11) is 1.68. The summed E-state index contributed by atoms with van der Waals surface area (Å²) in [5.74, 6) is 2.91. The highest BCUT2D eigenvalue weighted by Gasteiger charge is 2.33. The third-order valence-electron chi connectivity index (χ3n) is 7.55. The fourth-order valence-electron chi connectivity index (χ4n) is 5.58. The molecule has 0 bridgehead atoms. The van der Waals surface area contributed by atoms with E-state index in [0.717, 1.165) is 54.5 Å². The van der Waals surface area contributed by atoms with Crippen molar-refractivity contribution in [1.82, 2.24) is 15.3 Å². The van der Waals surface area contributed by atoms with Crippen molar-refractivity contribution in [2.24, 2.45) is 11.8 Å². The van der Waals surface area contributed by atoms with Crippen molar-refractivity contribution in [3.8, 4) is 17.2 Å². The van der Waals surface area contributed by atoms with E-state index in [1.807, 2.05) is 24.4 Å². The minimum atomic E-state index is -0.274. The predicted molar refractivity (Wildman–Crippen MR) is 133 cm³/mol. The van der Waals surface area contributed by atoms with Crippen LogP contribution in [0.25, 0.3) is 10.9 Å². The van der Waals surface area contributed by atoms with Crippen LogP contribution in [-0.4, -0.2) is 48.1 Å². The molecular formula is C27H28N4O5. The van der Waals surface area contributed by atoms with Gasteiger partial charge in [0.25, 0.3) is 11.8 Å². The monoisotopic (exact) mass is 488 g/mol. The topological polar surface area (TPSA) is 112 Å². The maximum absolute atomic E-state index is 12.8. The van der Waals surface area contributed by atoms with Crippen LogP contribution in [-0.2, 0) is 11.2 Å². The Morgan fingerprint density at radius 3 is 2.78 bits per heavy atom. The predicted octanol–water partition coefficient (Wildman–Crippen LogP) is 3.51. The SMILES string of the molecule is COc1ccc2ncc3c(c2c1)CC(C1CCC(NC(=O)c2ccc4c(n2)NC(=O)CO4)CC1)CO3. The summed E-state index contributed by atoms with van der Waals surface area (Å²) in [4.78, 5) is 33.2. The Hall–Kier alpha value is -3.88. The van der Waals surface area contributed by atoms with Gasteiger partial charge in [-0.05, 0) is 68.4 Å². The molecular weight excluding hydrogens is 460 g/mol. The van der Waals surface area contributed by atoms with Crippen molar-refractivity contribution >= 4 is 28.5 Å². The number of anilines is 1. The molecule has 1 atom stereocenters. The van der Waals surface area contributed by atoms with Crippen LogP contribution in [0.2, 0.25) is 0 Å². The van der Waals surface area contributed by atoms with Gasteiger partial charge in [0.15, 0.2) is 18.2 Å². The summed E-state index contributed by atoms with van der Waals surface area (Å²) < 4.78 is 16.9. The lowest BCUT2D eigenvalue weighted by Gasteiger charge is -2.36. The maximum atomic E-state index is 12.8. The van der Waals surface area contributed by atoms with E-state index in [1.165, 1.54) is 5.56 Å². The molecule has 3 aromatic rings. The van der Waals surface area contributed by atoms with Gasteiger partial charge in [-0.2, -0.15) is 0 Å². The minimum absolute atomic E-state index is 0.0393. The van der Waals surface area contributed by atoms with Gasteiger partial charge in [-0.3, -0.25) is 14.6 Å². The molecule has 9 nitrogen and oxygen atoms in total. The standard InChI is InChI=1S/C27H28N4O5/c1-34-18-6-7-21-19(11-18)20-10-16(13-35-24(20)12-28-21)15-2-4-17(5-3-15)29-27(33)22-8-9-23-26(30-22)31-25(32)14-36-23/h6-9,11-12,15-17H,2-5,10,13-14H2,1H3,(H,29,33)(H,30,31,32). The van der Waals surface area contributed by atoms with Crippen LogP contribution in [0.4, 0.5) is 5.82 Å². The lowest BCUT2D eigenvalue weighted by Crippen LogP contribution is -2.40. The molecule has 186 valence electrons. The van der Waals surface area contributed by atoms with Crippen molar-refractivity contribution in [3.63, 3.8) is 0 Å². The number of aromatic nitrogens is 2. The molecule has 1 aliphatic carbocycles. The molecule has 0 spiro atoms. The van der Waals surface area contributed by atoms with Crippen LogP contribution in [0.3, 0.4) is 0 Å². The van der Waals surface area contributed by atoms with Crippen molar-refractivity contribution in [2.45, 2.75) is 38.1 Å². The van der Waals surface area contributed by atoms with E-state index < -0.39 is 0 Å². The van der Waals surface area contributed by atoms with Gasteiger partial charge in [-0.15, -0.1) is 0 Å². The van der Waals surface area contributed by atoms with E-state index in [-0.39, 0.29) is 30.2 Å². The van der Waals surface area contributed by atoms with E-state index in [0.29, 0.717) is 30.0 Å². The van der Waals surface area contributed by atoms with Gasteiger partial charge in [0.2, 0.25) is 0 Å². The Bertz CT molecular complexity index is 1330. The van der Waals surface area contributed by atoms with Gasteiger partial charge in [0.1, 0.15) is 17.2 Å².